The highest BCUT2D eigenvalue weighted by Crippen LogP contribution is 2.39. The molecule has 1 fully saturated rings. The fourth-order valence-corrected chi connectivity index (χ4v) is 5.07. The number of benzene rings is 3. The van der Waals surface area contributed by atoms with Crippen molar-refractivity contribution in [2.45, 2.75) is 18.7 Å². The van der Waals surface area contributed by atoms with E-state index in [1.54, 1.807) is 44.2 Å². The number of aryl methyl sites for hydroxylation is 1. The first-order valence-corrected chi connectivity index (χ1v) is 13.3. The molecule has 4 rings (SSSR count). The summed E-state index contributed by atoms with van der Waals surface area (Å²) in [4.78, 5) is 39.2. The van der Waals surface area contributed by atoms with Crippen molar-refractivity contribution in [1.82, 2.24) is 5.32 Å². The Morgan fingerprint density at radius 2 is 1.71 bits per heavy atom. The first-order valence-electron chi connectivity index (χ1n) is 11.2. The lowest BCUT2D eigenvalue weighted by Crippen LogP contribution is -2.54. The van der Waals surface area contributed by atoms with Gasteiger partial charge in [0.1, 0.15) is 10.5 Å². The van der Waals surface area contributed by atoms with Gasteiger partial charge in [-0.1, -0.05) is 47.5 Å². The van der Waals surface area contributed by atoms with Crippen LogP contribution in [-0.4, -0.2) is 32.9 Å². The summed E-state index contributed by atoms with van der Waals surface area (Å²) in [6.07, 6.45) is 1.21. The lowest BCUT2D eigenvalue weighted by atomic mass is 10.1. The standard InChI is InChI=1S/C26H20Cl2N2O7S/c1-3-36-22-13-16(12-20(28)23(22)37-38(34,35)18-7-5-4-6-8-18)11-19-24(31)29-26(33)30(25(19)32)21-14-17(27)10-9-15(21)2/h4-14H,3H2,1-2H3,(H,29,31,33)/b19-11+. The molecular weight excluding hydrogens is 555 g/mol. The van der Waals surface area contributed by atoms with Crippen LogP contribution in [0.15, 0.2) is 71.1 Å². The van der Waals surface area contributed by atoms with Crippen LogP contribution in [0.4, 0.5) is 10.5 Å². The Morgan fingerprint density at radius 3 is 2.39 bits per heavy atom. The summed E-state index contributed by atoms with van der Waals surface area (Å²) in [6, 6.07) is 13.9. The topological polar surface area (TPSA) is 119 Å². The van der Waals surface area contributed by atoms with Crippen molar-refractivity contribution >= 4 is 62.9 Å². The largest absolute Gasteiger partial charge is 0.490 e. The summed E-state index contributed by atoms with van der Waals surface area (Å²) in [6.45, 7) is 3.49. The third-order valence-corrected chi connectivity index (χ3v) is 7.13. The van der Waals surface area contributed by atoms with E-state index in [1.807, 2.05) is 0 Å². The van der Waals surface area contributed by atoms with Crippen LogP contribution in [0, 0.1) is 6.92 Å². The molecular formula is C26H20Cl2N2O7S. The molecule has 3 aromatic rings. The number of rotatable bonds is 7. The maximum absolute atomic E-state index is 13.3. The summed E-state index contributed by atoms with van der Waals surface area (Å²) in [5.74, 6) is -2.10. The molecule has 196 valence electrons. The predicted molar refractivity (Wildman–Crippen MR) is 142 cm³/mol. The number of imide groups is 2. The van der Waals surface area contributed by atoms with Gasteiger partial charge in [0.05, 0.1) is 17.3 Å². The zero-order chi connectivity index (χ0) is 27.6. The smallest absolute Gasteiger partial charge is 0.339 e. The number of halogens is 2. The molecule has 38 heavy (non-hydrogen) atoms. The summed E-state index contributed by atoms with van der Waals surface area (Å²) in [5, 5.41) is 2.28. The van der Waals surface area contributed by atoms with Gasteiger partial charge in [-0.3, -0.25) is 14.9 Å². The number of urea groups is 1. The second kappa shape index (κ2) is 10.9. The maximum atomic E-state index is 13.3. The molecule has 1 N–H and O–H groups in total. The van der Waals surface area contributed by atoms with Crippen LogP contribution < -0.4 is 19.1 Å². The van der Waals surface area contributed by atoms with E-state index >= 15 is 0 Å². The van der Waals surface area contributed by atoms with Crippen LogP contribution in [0.1, 0.15) is 18.1 Å². The van der Waals surface area contributed by atoms with E-state index in [2.05, 4.69) is 5.32 Å². The van der Waals surface area contributed by atoms with E-state index in [0.29, 0.717) is 10.6 Å². The Balaban J connectivity index is 1.75. The third-order valence-electron chi connectivity index (χ3n) is 5.38. The average Bonchev–Trinajstić information content (AvgIpc) is 2.86. The summed E-state index contributed by atoms with van der Waals surface area (Å²) in [5.41, 5.74) is 0.641. The summed E-state index contributed by atoms with van der Waals surface area (Å²) in [7, 11) is -4.24. The number of ether oxygens (including phenoxy) is 1. The van der Waals surface area contributed by atoms with Crippen LogP contribution in [0.2, 0.25) is 10.0 Å². The van der Waals surface area contributed by atoms with Gasteiger partial charge in [-0.2, -0.15) is 8.42 Å². The van der Waals surface area contributed by atoms with Crippen molar-refractivity contribution in [1.29, 1.82) is 0 Å². The lowest BCUT2D eigenvalue weighted by Gasteiger charge is -2.27. The van der Waals surface area contributed by atoms with Gasteiger partial charge in [0, 0.05) is 5.02 Å². The number of barbiturate groups is 1. The number of hydrogen-bond acceptors (Lipinski definition) is 7. The Hall–Kier alpha value is -3.86. The molecule has 3 aromatic carbocycles. The molecule has 9 nitrogen and oxygen atoms in total. The molecule has 0 unspecified atom stereocenters. The molecule has 0 bridgehead atoms. The Kier molecular flexibility index (Phi) is 7.77. The highest BCUT2D eigenvalue weighted by Gasteiger charge is 2.37. The molecule has 0 saturated carbocycles. The fraction of sp³-hybridized carbons (Fsp3) is 0.115. The van der Waals surface area contributed by atoms with E-state index in [-0.39, 0.29) is 44.8 Å². The van der Waals surface area contributed by atoms with E-state index in [1.165, 1.54) is 36.4 Å². The molecule has 0 radical (unpaired) electrons. The summed E-state index contributed by atoms with van der Waals surface area (Å²) < 4.78 is 36.4. The van der Waals surface area contributed by atoms with Crippen molar-refractivity contribution in [2.75, 3.05) is 11.5 Å². The van der Waals surface area contributed by atoms with Crippen LogP contribution >= 0.6 is 23.2 Å². The second-order valence-electron chi connectivity index (χ2n) is 8.00. The van der Waals surface area contributed by atoms with Gasteiger partial charge in [0.15, 0.2) is 5.75 Å². The van der Waals surface area contributed by atoms with E-state index in [4.69, 9.17) is 32.1 Å². The van der Waals surface area contributed by atoms with Crippen molar-refractivity contribution in [3.05, 3.63) is 87.4 Å². The molecule has 1 heterocycles. The molecule has 0 spiro atoms. The van der Waals surface area contributed by atoms with Gasteiger partial charge in [-0.05, 0) is 67.4 Å². The Bertz CT molecular complexity index is 1590. The molecule has 0 atom stereocenters. The molecule has 0 aliphatic carbocycles. The first kappa shape index (κ1) is 27.2. The quantitative estimate of drug-likeness (QED) is 0.236. The molecule has 1 saturated heterocycles. The minimum atomic E-state index is -4.24. The lowest BCUT2D eigenvalue weighted by molar-refractivity contribution is -0.122. The van der Waals surface area contributed by atoms with Crippen LogP contribution in [0.5, 0.6) is 11.5 Å². The van der Waals surface area contributed by atoms with Gasteiger partial charge in [0.25, 0.3) is 11.8 Å². The molecule has 1 aliphatic rings. The zero-order valence-electron chi connectivity index (χ0n) is 20.0. The van der Waals surface area contributed by atoms with Crippen molar-refractivity contribution in [2.24, 2.45) is 0 Å². The highest BCUT2D eigenvalue weighted by atomic mass is 35.5. The number of nitrogens with zero attached hydrogens (tertiary/aromatic N) is 1. The fourth-order valence-electron chi connectivity index (χ4n) is 3.63. The van der Waals surface area contributed by atoms with Crippen LogP contribution in [-0.2, 0) is 19.7 Å². The minimum absolute atomic E-state index is 0.0337. The number of hydrogen-bond donors (Lipinski definition) is 1. The van der Waals surface area contributed by atoms with Crippen molar-refractivity contribution in [3.63, 3.8) is 0 Å². The number of anilines is 1. The number of amides is 4. The minimum Gasteiger partial charge on any atom is -0.490 e. The predicted octanol–water partition coefficient (Wildman–Crippen LogP) is 5.13. The number of nitrogens with one attached hydrogen (secondary N) is 1. The van der Waals surface area contributed by atoms with Crippen molar-refractivity contribution < 1.29 is 31.7 Å². The molecule has 12 heteroatoms. The van der Waals surface area contributed by atoms with Crippen molar-refractivity contribution in [3.8, 4) is 11.5 Å². The normalized spacial score (nSPS) is 15.0. The highest BCUT2D eigenvalue weighted by molar-refractivity contribution is 7.87. The number of carbonyl (C=O) groups excluding carboxylic acids is 3. The third kappa shape index (κ3) is 5.52. The SMILES string of the molecule is CCOc1cc(/C=C2\C(=O)NC(=O)N(c3cc(Cl)ccc3C)C2=O)cc(Cl)c1OS(=O)(=O)c1ccccc1. The van der Waals surface area contributed by atoms with E-state index in [0.717, 1.165) is 4.90 Å². The van der Waals surface area contributed by atoms with Gasteiger partial charge in [0.2, 0.25) is 5.75 Å². The zero-order valence-corrected chi connectivity index (χ0v) is 22.4. The van der Waals surface area contributed by atoms with Gasteiger partial charge >= 0.3 is 16.1 Å². The second-order valence-corrected chi connectivity index (χ2v) is 10.4. The maximum Gasteiger partial charge on any atom is 0.339 e. The average molecular weight is 575 g/mol. The van der Waals surface area contributed by atoms with E-state index in [9.17, 15) is 22.8 Å². The first-order chi connectivity index (χ1) is 18.0. The molecule has 4 amide bonds. The van der Waals surface area contributed by atoms with Crippen LogP contribution in [0.3, 0.4) is 0 Å². The van der Waals surface area contributed by atoms with Gasteiger partial charge < -0.3 is 8.92 Å². The van der Waals surface area contributed by atoms with Gasteiger partial charge in [-0.15, -0.1) is 0 Å². The van der Waals surface area contributed by atoms with E-state index < -0.39 is 28.0 Å². The monoisotopic (exact) mass is 574 g/mol. The molecule has 1 aliphatic heterocycles. The summed E-state index contributed by atoms with van der Waals surface area (Å²) >= 11 is 12.4. The van der Waals surface area contributed by atoms with Gasteiger partial charge in [-0.25, -0.2) is 9.69 Å². The number of carbonyl (C=O) groups is 3. The Labute approximate surface area is 228 Å². The van der Waals surface area contributed by atoms with Crippen LogP contribution in [0.25, 0.3) is 6.08 Å². The Morgan fingerprint density at radius 1 is 1.00 bits per heavy atom. The molecule has 0 aromatic heterocycles.